The van der Waals surface area contributed by atoms with Crippen molar-refractivity contribution in [3.8, 4) is 5.75 Å². The van der Waals surface area contributed by atoms with Gasteiger partial charge in [-0.3, -0.25) is 4.99 Å². The van der Waals surface area contributed by atoms with E-state index in [2.05, 4.69) is 11.1 Å². The molecule has 4 nitrogen and oxygen atoms in total. The number of carboxylic acid groups (broad SMARTS) is 1. The number of rotatable bonds is 5. The van der Waals surface area contributed by atoms with Crippen LogP contribution in [-0.4, -0.2) is 23.9 Å². The van der Waals surface area contributed by atoms with E-state index in [0.29, 0.717) is 5.75 Å². The molecule has 0 aliphatic rings. The Morgan fingerprint density at radius 1 is 1.24 bits per heavy atom. The zero-order valence-electron chi connectivity index (χ0n) is 12.0. The molecule has 0 aromatic heterocycles. The summed E-state index contributed by atoms with van der Waals surface area (Å²) in [6.45, 7) is 3.72. The van der Waals surface area contributed by atoms with Crippen LogP contribution in [0, 0.1) is 13.8 Å². The molecular formula is C17H17NO3. The molecule has 2 rings (SSSR count). The third kappa shape index (κ3) is 4.45. The van der Waals surface area contributed by atoms with Gasteiger partial charge in [-0.05, 0) is 43.2 Å². The number of ether oxygens (including phenoxy) is 1. The van der Waals surface area contributed by atoms with Crippen LogP contribution < -0.4 is 4.74 Å². The lowest BCUT2D eigenvalue weighted by Gasteiger charge is -2.04. The van der Waals surface area contributed by atoms with Gasteiger partial charge in [0.1, 0.15) is 5.75 Å². The number of hydrogen-bond donors (Lipinski definition) is 1. The van der Waals surface area contributed by atoms with E-state index >= 15 is 0 Å². The van der Waals surface area contributed by atoms with E-state index in [0.717, 1.165) is 16.8 Å². The summed E-state index contributed by atoms with van der Waals surface area (Å²) >= 11 is 0. The van der Waals surface area contributed by atoms with Gasteiger partial charge in [-0.2, -0.15) is 0 Å². The number of aliphatic imine (C=N–C) groups is 1. The molecule has 1 N–H and O–H groups in total. The first-order valence-corrected chi connectivity index (χ1v) is 6.60. The number of carboxylic acids is 1. The van der Waals surface area contributed by atoms with E-state index < -0.39 is 5.97 Å². The summed E-state index contributed by atoms with van der Waals surface area (Å²) in [6, 6.07) is 13.3. The first-order valence-electron chi connectivity index (χ1n) is 6.60. The van der Waals surface area contributed by atoms with Gasteiger partial charge >= 0.3 is 5.97 Å². The average Bonchev–Trinajstić information content (AvgIpc) is 2.45. The summed E-state index contributed by atoms with van der Waals surface area (Å²) in [4.78, 5) is 14.9. The smallest absolute Gasteiger partial charge is 0.341 e. The molecular weight excluding hydrogens is 266 g/mol. The number of aryl methyl sites for hydroxylation is 2. The van der Waals surface area contributed by atoms with Crippen LogP contribution in [0.2, 0.25) is 0 Å². The molecule has 0 atom stereocenters. The maximum absolute atomic E-state index is 10.5. The van der Waals surface area contributed by atoms with E-state index in [4.69, 9.17) is 9.84 Å². The molecule has 2 aromatic carbocycles. The normalized spacial score (nSPS) is 10.8. The zero-order chi connectivity index (χ0) is 15.2. The van der Waals surface area contributed by atoms with Crippen molar-refractivity contribution in [2.75, 3.05) is 6.61 Å². The maximum Gasteiger partial charge on any atom is 0.341 e. The van der Waals surface area contributed by atoms with Crippen LogP contribution in [0.1, 0.15) is 16.7 Å². The van der Waals surface area contributed by atoms with Gasteiger partial charge in [0.25, 0.3) is 0 Å². The highest BCUT2D eigenvalue weighted by Gasteiger charge is 2.00. The molecule has 108 valence electrons. The van der Waals surface area contributed by atoms with Crippen molar-refractivity contribution >= 4 is 17.9 Å². The lowest BCUT2D eigenvalue weighted by Crippen LogP contribution is -2.09. The van der Waals surface area contributed by atoms with Gasteiger partial charge in [-0.1, -0.05) is 29.8 Å². The Morgan fingerprint density at radius 2 is 2.05 bits per heavy atom. The fourth-order valence-electron chi connectivity index (χ4n) is 1.92. The molecule has 0 fully saturated rings. The van der Waals surface area contributed by atoms with Crippen LogP contribution >= 0.6 is 0 Å². The molecule has 0 unspecified atom stereocenters. The van der Waals surface area contributed by atoms with Gasteiger partial charge in [-0.25, -0.2) is 4.79 Å². The van der Waals surface area contributed by atoms with E-state index in [-0.39, 0.29) is 6.61 Å². The third-order valence-corrected chi connectivity index (χ3v) is 2.93. The van der Waals surface area contributed by atoms with Crippen LogP contribution in [0.4, 0.5) is 5.69 Å². The molecule has 2 aromatic rings. The van der Waals surface area contributed by atoms with Crippen molar-refractivity contribution in [3.05, 3.63) is 59.2 Å². The molecule has 0 saturated carbocycles. The second-order valence-corrected chi connectivity index (χ2v) is 4.80. The second kappa shape index (κ2) is 6.70. The molecule has 21 heavy (non-hydrogen) atoms. The third-order valence-electron chi connectivity index (χ3n) is 2.93. The number of hydrogen-bond acceptors (Lipinski definition) is 3. The van der Waals surface area contributed by atoms with Gasteiger partial charge in [0, 0.05) is 6.21 Å². The standard InChI is InChI=1S/C17H17NO3/c1-12-6-7-16(13(2)8-12)18-10-14-4-3-5-15(9-14)21-11-17(19)20/h3-10H,11H2,1-2H3,(H,19,20). The number of nitrogens with zero attached hydrogens (tertiary/aromatic N) is 1. The Morgan fingerprint density at radius 3 is 2.76 bits per heavy atom. The Kier molecular flexibility index (Phi) is 4.72. The molecule has 0 aliphatic heterocycles. The monoisotopic (exact) mass is 283 g/mol. The van der Waals surface area contributed by atoms with E-state index in [1.54, 1.807) is 24.4 Å². The Bertz CT molecular complexity index is 677. The molecule has 0 heterocycles. The van der Waals surface area contributed by atoms with E-state index in [1.165, 1.54) is 5.56 Å². The Balaban J connectivity index is 2.13. The van der Waals surface area contributed by atoms with Crippen LogP contribution in [0.5, 0.6) is 5.75 Å². The predicted octanol–water partition coefficient (Wildman–Crippen LogP) is 3.52. The summed E-state index contributed by atoms with van der Waals surface area (Å²) in [5.74, 6) is -0.480. The SMILES string of the molecule is Cc1ccc(N=Cc2cccc(OCC(=O)O)c2)c(C)c1. The molecule has 0 aliphatic carbocycles. The van der Waals surface area contributed by atoms with Gasteiger partial charge in [0.05, 0.1) is 5.69 Å². The zero-order valence-corrected chi connectivity index (χ0v) is 12.0. The summed E-state index contributed by atoms with van der Waals surface area (Å²) in [6.07, 6.45) is 1.74. The highest BCUT2D eigenvalue weighted by atomic mass is 16.5. The quantitative estimate of drug-likeness (QED) is 0.854. The molecule has 0 saturated heterocycles. The number of benzene rings is 2. The maximum atomic E-state index is 10.5. The van der Waals surface area contributed by atoms with Crippen molar-refractivity contribution in [1.29, 1.82) is 0 Å². The van der Waals surface area contributed by atoms with Gasteiger partial charge in [0.15, 0.2) is 6.61 Å². The van der Waals surface area contributed by atoms with Crippen molar-refractivity contribution in [3.63, 3.8) is 0 Å². The van der Waals surface area contributed by atoms with Crippen molar-refractivity contribution < 1.29 is 14.6 Å². The lowest BCUT2D eigenvalue weighted by molar-refractivity contribution is -0.139. The summed E-state index contributed by atoms with van der Waals surface area (Å²) in [7, 11) is 0. The molecule has 0 spiro atoms. The van der Waals surface area contributed by atoms with Gasteiger partial charge < -0.3 is 9.84 Å². The van der Waals surface area contributed by atoms with Crippen molar-refractivity contribution in [2.24, 2.45) is 4.99 Å². The summed E-state index contributed by atoms with van der Waals surface area (Å²) in [5, 5.41) is 8.60. The van der Waals surface area contributed by atoms with E-state index in [1.807, 2.05) is 32.0 Å². The van der Waals surface area contributed by atoms with Crippen LogP contribution in [0.15, 0.2) is 47.5 Å². The molecule has 0 bridgehead atoms. The minimum absolute atomic E-state index is 0.350. The van der Waals surface area contributed by atoms with Crippen molar-refractivity contribution in [2.45, 2.75) is 13.8 Å². The van der Waals surface area contributed by atoms with Crippen LogP contribution in [0.3, 0.4) is 0 Å². The number of aliphatic carboxylic acids is 1. The Labute approximate surface area is 123 Å². The topological polar surface area (TPSA) is 58.9 Å². The minimum Gasteiger partial charge on any atom is -0.482 e. The highest BCUT2D eigenvalue weighted by Crippen LogP contribution is 2.20. The fraction of sp³-hybridized carbons (Fsp3) is 0.176. The van der Waals surface area contributed by atoms with Gasteiger partial charge in [-0.15, -0.1) is 0 Å². The largest absolute Gasteiger partial charge is 0.482 e. The molecule has 0 radical (unpaired) electrons. The van der Waals surface area contributed by atoms with Crippen molar-refractivity contribution in [1.82, 2.24) is 0 Å². The summed E-state index contributed by atoms with van der Waals surface area (Å²) < 4.78 is 5.14. The number of carbonyl (C=O) groups is 1. The fourth-order valence-corrected chi connectivity index (χ4v) is 1.92. The minimum atomic E-state index is -0.996. The lowest BCUT2D eigenvalue weighted by atomic mass is 10.1. The first kappa shape index (κ1) is 14.8. The van der Waals surface area contributed by atoms with Crippen LogP contribution in [0.25, 0.3) is 0 Å². The van der Waals surface area contributed by atoms with Crippen LogP contribution in [-0.2, 0) is 4.79 Å². The van der Waals surface area contributed by atoms with Gasteiger partial charge in [0.2, 0.25) is 0 Å². The predicted molar refractivity (Wildman–Crippen MR) is 82.7 cm³/mol. The Hall–Kier alpha value is -2.62. The summed E-state index contributed by atoms with van der Waals surface area (Å²) in [5.41, 5.74) is 4.09. The molecule has 0 amide bonds. The first-order chi connectivity index (χ1) is 10.0. The molecule has 4 heteroatoms. The second-order valence-electron chi connectivity index (χ2n) is 4.80. The highest BCUT2D eigenvalue weighted by molar-refractivity contribution is 5.83. The van der Waals surface area contributed by atoms with E-state index in [9.17, 15) is 4.79 Å². The average molecular weight is 283 g/mol.